The molecule has 2 N–H and O–H groups in total. The van der Waals surface area contributed by atoms with Gasteiger partial charge in [0.15, 0.2) is 6.61 Å². The van der Waals surface area contributed by atoms with Crippen molar-refractivity contribution < 1.29 is 27.5 Å². The number of ether oxygens (including phenoxy) is 1. The Balaban J connectivity index is 1.56. The maximum Gasteiger partial charge on any atom is 0.325 e. The second kappa shape index (κ2) is 10.6. The van der Waals surface area contributed by atoms with Gasteiger partial charge in [0.1, 0.15) is 6.04 Å². The first-order valence-electron chi connectivity index (χ1n) is 10.6. The van der Waals surface area contributed by atoms with E-state index in [9.17, 15) is 22.8 Å². The summed E-state index contributed by atoms with van der Waals surface area (Å²) >= 11 is 0. The monoisotopic (exact) mass is 473 g/mol. The molecule has 1 heterocycles. The molecule has 3 rings (SSSR count). The van der Waals surface area contributed by atoms with Gasteiger partial charge >= 0.3 is 12.0 Å². The molecule has 2 aromatic rings. The van der Waals surface area contributed by atoms with Crippen molar-refractivity contribution in [2.75, 3.05) is 18.5 Å². The summed E-state index contributed by atoms with van der Waals surface area (Å²) < 4.78 is 32.2. The lowest BCUT2D eigenvalue weighted by atomic mass is 10.1. The molecule has 0 aromatic heterocycles. The van der Waals surface area contributed by atoms with E-state index in [0.29, 0.717) is 24.9 Å². The molecule has 1 saturated heterocycles. The van der Waals surface area contributed by atoms with Gasteiger partial charge in [-0.05, 0) is 68.5 Å². The molecule has 0 bridgehead atoms. The molecular weight excluding hydrogens is 446 g/mol. The minimum absolute atomic E-state index is 0.0884. The first kappa shape index (κ1) is 24.4. The highest BCUT2D eigenvalue weighted by Crippen LogP contribution is 2.26. The molecule has 0 aliphatic carbocycles. The van der Waals surface area contributed by atoms with E-state index in [0.717, 1.165) is 15.4 Å². The number of esters is 1. The molecule has 33 heavy (non-hydrogen) atoms. The zero-order valence-electron chi connectivity index (χ0n) is 18.5. The fourth-order valence-corrected chi connectivity index (χ4v) is 5.20. The van der Waals surface area contributed by atoms with Gasteiger partial charge in [0, 0.05) is 12.2 Å². The number of nitrogens with zero attached hydrogens (tertiary/aromatic N) is 1. The van der Waals surface area contributed by atoms with Crippen LogP contribution in [0.3, 0.4) is 0 Å². The maximum absolute atomic E-state index is 13.0. The van der Waals surface area contributed by atoms with Crippen molar-refractivity contribution in [1.82, 2.24) is 9.62 Å². The Labute approximate surface area is 193 Å². The van der Waals surface area contributed by atoms with Crippen LogP contribution in [-0.4, -0.2) is 49.8 Å². The summed E-state index contributed by atoms with van der Waals surface area (Å²) in [6, 6.07) is 11.4. The van der Waals surface area contributed by atoms with E-state index in [1.165, 1.54) is 12.1 Å². The fourth-order valence-electron chi connectivity index (χ4n) is 3.53. The lowest BCUT2D eigenvalue weighted by Crippen LogP contribution is -2.49. The van der Waals surface area contributed by atoms with Crippen molar-refractivity contribution in [3.63, 3.8) is 0 Å². The van der Waals surface area contributed by atoms with Crippen LogP contribution >= 0.6 is 0 Å². The highest BCUT2D eigenvalue weighted by Gasteiger charge is 2.38. The van der Waals surface area contributed by atoms with E-state index in [1.54, 1.807) is 30.3 Å². The molecule has 2 aromatic carbocycles. The third-order valence-corrected chi connectivity index (χ3v) is 7.36. The van der Waals surface area contributed by atoms with E-state index in [4.69, 9.17) is 4.74 Å². The molecule has 1 fully saturated rings. The number of anilines is 1. The molecule has 1 atom stereocenters. The van der Waals surface area contributed by atoms with E-state index >= 15 is 0 Å². The van der Waals surface area contributed by atoms with Crippen LogP contribution in [0.4, 0.5) is 10.5 Å². The number of benzene rings is 2. The molecule has 1 unspecified atom stereocenters. The first-order chi connectivity index (χ1) is 15.7. The number of piperidine rings is 1. The molecule has 1 aliphatic rings. The van der Waals surface area contributed by atoms with E-state index in [2.05, 4.69) is 10.6 Å². The third kappa shape index (κ3) is 6.17. The van der Waals surface area contributed by atoms with Crippen LogP contribution in [0.15, 0.2) is 53.4 Å². The molecule has 0 spiro atoms. The van der Waals surface area contributed by atoms with Crippen molar-refractivity contribution in [2.24, 2.45) is 0 Å². The highest BCUT2D eigenvalue weighted by molar-refractivity contribution is 7.89. The molecule has 10 heteroatoms. The van der Waals surface area contributed by atoms with Gasteiger partial charge in [0.25, 0.3) is 5.91 Å². The Hall–Kier alpha value is -3.24. The van der Waals surface area contributed by atoms with Crippen molar-refractivity contribution in [2.45, 2.75) is 44.0 Å². The van der Waals surface area contributed by atoms with Gasteiger partial charge in [-0.3, -0.25) is 14.9 Å². The van der Waals surface area contributed by atoms with Crippen molar-refractivity contribution in [1.29, 1.82) is 0 Å². The van der Waals surface area contributed by atoms with Gasteiger partial charge in [-0.2, -0.15) is 4.31 Å². The molecule has 176 valence electrons. The number of nitrogens with one attached hydrogen (secondary N) is 2. The van der Waals surface area contributed by atoms with Gasteiger partial charge in [-0.15, -0.1) is 0 Å². The number of urea groups is 1. The summed E-state index contributed by atoms with van der Waals surface area (Å²) in [7, 11) is -3.89. The number of rotatable bonds is 6. The minimum Gasteiger partial charge on any atom is -0.454 e. The lowest BCUT2D eigenvalue weighted by Gasteiger charge is -2.32. The van der Waals surface area contributed by atoms with Crippen molar-refractivity contribution in [3.05, 3.63) is 59.7 Å². The molecule has 0 saturated carbocycles. The second-order valence-corrected chi connectivity index (χ2v) is 9.74. The number of imide groups is 1. The normalized spacial score (nSPS) is 16.6. The topological polar surface area (TPSA) is 122 Å². The number of hydrogen-bond donors (Lipinski definition) is 2. The van der Waals surface area contributed by atoms with Crippen molar-refractivity contribution in [3.8, 4) is 0 Å². The molecular formula is C23H27N3O6S. The molecule has 1 aliphatic heterocycles. The largest absolute Gasteiger partial charge is 0.454 e. The van der Waals surface area contributed by atoms with Gasteiger partial charge in [0.2, 0.25) is 10.0 Å². The van der Waals surface area contributed by atoms with Crippen molar-refractivity contribution >= 4 is 33.6 Å². The van der Waals surface area contributed by atoms with Crippen LogP contribution in [0.2, 0.25) is 0 Å². The summed E-state index contributed by atoms with van der Waals surface area (Å²) in [5, 5.41) is 4.63. The number of carbonyl (C=O) groups excluding carboxylic acids is 3. The maximum atomic E-state index is 13.0. The summed E-state index contributed by atoms with van der Waals surface area (Å²) in [5.41, 5.74) is 2.56. The second-order valence-electron chi connectivity index (χ2n) is 7.85. The summed E-state index contributed by atoms with van der Waals surface area (Å²) in [5.74, 6) is -1.64. The van der Waals surface area contributed by atoms with E-state index < -0.39 is 40.6 Å². The van der Waals surface area contributed by atoms with Gasteiger partial charge in [-0.1, -0.05) is 24.3 Å². The van der Waals surface area contributed by atoms with Crippen LogP contribution in [0.25, 0.3) is 0 Å². The SMILES string of the molecule is Cc1ccc(NC(=O)NC(=O)COC(=O)C2CCCCN2S(=O)(=O)c2ccccc2)cc1C. The quantitative estimate of drug-likeness (QED) is 0.622. The van der Waals surface area contributed by atoms with E-state index in [1.807, 2.05) is 19.9 Å². The number of sulfonamides is 1. The Bertz CT molecular complexity index is 1130. The zero-order valence-corrected chi connectivity index (χ0v) is 19.4. The minimum atomic E-state index is -3.89. The number of hydrogen-bond acceptors (Lipinski definition) is 6. The van der Waals surface area contributed by atoms with Crippen LogP contribution in [0, 0.1) is 13.8 Å². The Kier molecular flexibility index (Phi) is 7.83. The average molecular weight is 474 g/mol. The van der Waals surface area contributed by atoms with Crippen LogP contribution < -0.4 is 10.6 Å². The van der Waals surface area contributed by atoms with Gasteiger partial charge in [-0.25, -0.2) is 13.2 Å². The van der Waals surface area contributed by atoms with Crippen LogP contribution in [0.5, 0.6) is 0 Å². The van der Waals surface area contributed by atoms with Crippen LogP contribution in [-0.2, 0) is 24.3 Å². The summed E-state index contributed by atoms with van der Waals surface area (Å²) in [6.45, 7) is 3.32. The molecule has 0 radical (unpaired) electrons. The third-order valence-electron chi connectivity index (χ3n) is 5.44. The lowest BCUT2D eigenvalue weighted by molar-refractivity contribution is -0.152. The standard InChI is InChI=1S/C23H27N3O6S/c1-16-11-12-18(14-17(16)2)24-23(29)25-21(27)15-32-22(28)20-10-6-7-13-26(20)33(30,31)19-8-4-3-5-9-19/h3-5,8-9,11-12,14,20H,6-7,10,13,15H2,1-2H3,(H2,24,25,27,29). The van der Waals surface area contributed by atoms with Gasteiger partial charge < -0.3 is 10.1 Å². The Morgan fingerprint density at radius 3 is 2.45 bits per heavy atom. The highest BCUT2D eigenvalue weighted by atomic mass is 32.2. The number of aryl methyl sites for hydroxylation is 2. The first-order valence-corrected chi connectivity index (χ1v) is 12.0. The van der Waals surface area contributed by atoms with E-state index in [-0.39, 0.29) is 11.4 Å². The van der Waals surface area contributed by atoms with Crippen LogP contribution in [0.1, 0.15) is 30.4 Å². The molecule has 3 amide bonds. The predicted molar refractivity (Wildman–Crippen MR) is 122 cm³/mol. The number of carbonyl (C=O) groups is 3. The number of amides is 3. The van der Waals surface area contributed by atoms with Gasteiger partial charge in [0.05, 0.1) is 4.90 Å². The average Bonchev–Trinajstić information content (AvgIpc) is 2.80. The smallest absolute Gasteiger partial charge is 0.325 e. The molecule has 9 nitrogen and oxygen atoms in total. The predicted octanol–water partition coefficient (Wildman–Crippen LogP) is 2.74. The fraction of sp³-hybridized carbons (Fsp3) is 0.348. The summed E-state index contributed by atoms with van der Waals surface area (Å²) in [6.07, 6.45) is 1.57. The summed E-state index contributed by atoms with van der Waals surface area (Å²) in [4.78, 5) is 36.8. The zero-order chi connectivity index (χ0) is 24.0. The Morgan fingerprint density at radius 2 is 1.76 bits per heavy atom. The Morgan fingerprint density at radius 1 is 1.03 bits per heavy atom.